The number of aryl methyl sites for hydroxylation is 2. The highest BCUT2D eigenvalue weighted by molar-refractivity contribution is 5.80. The van der Waals surface area contributed by atoms with Crippen molar-refractivity contribution in [2.75, 3.05) is 7.11 Å². The molecule has 4 nitrogen and oxygen atoms in total. The summed E-state index contributed by atoms with van der Waals surface area (Å²) in [4.78, 5) is 0. The van der Waals surface area contributed by atoms with Crippen LogP contribution in [0.25, 0.3) is 22.2 Å². The van der Waals surface area contributed by atoms with Gasteiger partial charge in [-0.25, -0.2) is 9.13 Å². The number of methoxy groups -OCH3 is 1. The first-order valence-electron chi connectivity index (χ1n) is 8.53. The van der Waals surface area contributed by atoms with E-state index in [0.717, 1.165) is 36.6 Å². The van der Waals surface area contributed by atoms with Crippen molar-refractivity contribution in [1.82, 2.24) is 4.57 Å². The van der Waals surface area contributed by atoms with Crippen molar-refractivity contribution in [3.8, 4) is 16.9 Å². The maximum absolute atomic E-state index is 9.85. The maximum Gasteiger partial charge on any atom is 0.283 e. The maximum atomic E-state index is 9.85. The molecule has 0 spiro atoms. The molecule has 3 rings (SSSR count). The van der Waals surface area contributed by atoms with E-state index in [1.54, 1.807) is 7.11 Å². The van der Waals surface area contributed by atoms with Crippen LogP contribution in [0.2, 0.25) is 0 Å². The van der Waals surface area contributed by atoms with Crippen LogP contribution in [0.3, 0.4) is 0 Å². The second-order valence-corrected chi connectivity index (χ2v) is 5.90. The van der Waals surface area contributed by atoms with E-state index in [0.29, 0.717) is 0 Å². The number of aliphatic hydroxyl groups is 1. The Morgan fingerprint density at radius 3 is 2.33 bits per heavy atom. The molecular weight excluding hydrogens is 300 g/mol. The Bertz CT molecular complexity index is 835. The molecule has 1 N–H and O–H groups in total. The standard InChI is InChI=1S/C20H25N2O2/c1-4-12-22-18-11-8-16(15-6-9-17(24-3)10-7-15)13-19(18)21(5-2)20(22)14-23/h6-11,13,23H,4-5,12,14H2,1-3H3/q+1. The van der Waals surface area contributed by atoms with E-state index >= 15 is 0 Å². The smallest absolute Gasteiger partial charge is 0.283 e. The van der Waals surface area contributed by atoms with Gasteiger partial charge in [0.1, 0.15) is 12.4 Å². The molecule has 3 aromatic rings. The number of hydrogen-bond acceptors (Lipinski definition) is 2. The Morgan fingerprint density at radius 1 is 1.04 bits per heavy atom. The number of aromatic nitrogens is 2. The number of ether oxygens (including phenoxy) is 1. The highest BCUT2D eigenvalue weighted by Gasteiger charge is 2.23. The molecule has 0 bridgehead atoms. The summed E-state index contributed by atoms with van der Waals surface area (Å²) in [5.41, 5.74) is 4.68. The second kappa shape index (κ2) is 7.05. The molecule has 0 unspecified atom stereocenters. The van der Waals surface area contributed by atoms with Gasteiger partial charge in [0.15, 0.2) is 11.0 Å². The highest BCUT2D eigenvalue weighted by Crippen LogP contribution is 2.26. The third kappa shape index (κ3) is 2.78. The van der Waals surface area contributed by atoms with Crippen LogP contribution in [0.1, 0.15) is 26.1 Å². The minimum absolute atomic E-state index is 0.0559. The zero-order valence-electron chi connectivity index (χ0n) is 14.6. The van der Waals surface area contributed by atoms with Crippen LogP contribution in [-0.2, 0) is 19.7 Å². The molecule has 0 atom stereocenters. The zero-order valence-corrected chi connectivity index (χ0v) is 14.6. The molecule has 0 aliphatic heterocycles. The van der Waals surface area contributed by atoms with Gasteiger partial charge in [0.05, 0.1) is 20.2 Å². The van der Waals surface area contributed by atoms with E-state index in [9.17, 15) is 5.11 Å². The molecular formula is C20H25N2O2+. The van der Waals surface area contributed by atoms with Gasteiger partial charge in [-0.2, -0.15) is 0 Å². The van der Waals surface area contributed by atoms with Crippen molar-refractivity contribution >= 4 is 11.0 Å². The molecule has 2 aromatic carbocycles. The lowest BCUT2D eigenvalue weighted by molar-refractivity contribution is -0.681. The van der Waals surface area contributed by atoms with E-state index in [1.165, 1.54) is 16.6 Å². The normalized spacial score (nSPS) is 11.2. The number of aliphatic hydroxyl groups excluding tert-OH is 1. The number of rotatable bonds is 6. The average Bonchev–Trinajstić information content (AvgIpc) is 2.94. The monoisotopic (exact) mass is 325 g/mol. The Hall–Kier alpha value is -2.33. The van der Waals surface area contributed by atoms with Gasteiger partial charge in [0.25, 0.3) is 5.82 Å². The van der Waals surface area contributed by atoms with Crippen LogP contribution in [-0.4, -0.2) is 16.8 Å². The van der Waals surface area contributed by atoms with E-state index < -0.39 is 0 Å². The van der Waals surface area contributed by atoms with Crippen LogP contribution < -0.4 is 9.30 Å². The van der Waals surface area contributed by atoms with E-state index in [4.69, 9.17) is 4.74 Å². The first kappa shape index (κ1) is 16.5. The lowest BCUT2D eigenvalue weighted by Crippen LogP contribution is -2.37. The lowest BCUT2D eigenvalue weighted by Gasteiger charge is -2.04. The summed E-state index contributed by atoms with van der Waals surface area (Å²) >= 11 is 0. The minimum atomic E-state index is 0.0559. The van der Waals surface area contributed by atoms with Gasteiger partial charge in [-0.05, 0) is 54.8 Å². The third-order valence-electron chi connectivity index (χ3n) is 4.51. The quantitative estimate of drug-likeness (QED) is 0.704. The van der Waals surface area contributed by atoms with Crippen LogP contribution in [0.15, 0.2) is 42.5 Å². The van der Waals surface area contributed by atoms with Crippen LogP contribution in [0.5, 0.6) is 5.75 Å². The van der Waals surface area contributed by atoms with Gasteiger partial charge in [0.2, 0.25) is 0 Å². The zero-order chi connectivity index (χ0) is 17.1. The largest absolute Gasteiger partial charge is 0.497 e. The Kier molecular flexibility index (Phi) is 4.86. The summed E-state index contributed by atoms with van der Waals surface area (Å²) in [5.74, 6) is 1.83. The molecule has 0 saturated carbocycles. The van der Waals surface area contributed by atoms with Crippen molar-refractivity contribution < 1.29 is 14.4 Å². The predicted molar refractivity (Wildman–Crippen MR) is 96.0 cm³/mol. The Morgan fingerprint density at radius 2 is 1.75 bits per heavy atom. The summed E-state index contributed by atoms with van der Waals surface area (Å²) in [6.45, 7) is 6.10. The average molecular weight is 325 g/mol. The molecule has 0 aliphatic carbocycles. The topological polar surface area (TPSA) is 38.3 Å². The fourth-order valence-corrected chi connectivity index (χ4v) is 3.35. The first-order chi connectivity index (χ1) is 11.7. The van der Waals surface area contributed by atoms with Crippen LogP contribution >= 0.6 is 0 Å². The minimum Gasteiger partial charge on any atom is -0.497 e. The summed E-state index contributed by atoms with van der Waals surface area (Å²) in [7, 11) is 1.68. The fraction of sp³-hybridized carbons (Fsp3) is 0.350. The van der Waals surface area contributed by atoms with Gasteiger partial charge in [-0.15, -0.1) is 0 Å². The van der Waals surface area contributed by atoms with Crippen molar-refractivity contribution in [3.05, 3.63) is 48.3 Å². The SMILES string of the molecule is CCC[n+]1c(CO)n(CC)c2cc(-c3ccc(OC)cc3)ccc21. The number of fused-ring (bicyclic) bond motifs is 1. The first-order valence-corrected chi connectivity index (χ1v) is 8.53. The summed E-state index contributed by atoms with van der Waals surface area (Å²) in [5, 5.41) is 9.85. The van der Waals surface area contributed by atoms with E-state index in [2.05, 4.69) is 53.3 Å². The second-order valence-electron chi connectivity index (χ2n) is 5.90. The Labute approximate surface area is 142 Å². The molecule has 4 heteroatoms. The van der Waals surface area contributed by atoms with Gasteiger partial charge in [-0.1, -0.05) is 19.1 Å². The van der Waals surface area contributed by atoms with E-state index in [1.807, 2.05) is 12.1 Å². The van der Waals surface area contributed by atoms with Crippen LogP contribution in [0.4, 0.5) is 0 Å². The van der Waals surface area contributed by atoms with Crippen LogP contribution in [0, 0.1) is 0 Å². The molecule has 0 saturated heterocycles. The lowest BCUT2D eigenvalue weighted by atomic mass is 10.0. The highest BCUT2D eigenvalue weighted by atomic mass is 16.5. The van der Waals surface area contributed by atoms with Gasteiger partial charge < -0.3 is 9.84 Å². The molecule has 126 valence electrons. The molecule has 0 aliphatic rings. The van der Waals surface area contributed by atoms with Crippen molar-refractivity contribution in [3.63, 3.8) is 0 Å². The van der Waals surface area contributed by atoms with Crippen molar-refractivity contribution in [2.24, 2.45) is 0 Å². The molecule has 0 amide bonds. The molecule has 24 heavy (non-hydrogen) atoms. The molecule has 1 aromatic heterocycles. The third-order valence-corrected chi connectivity index (χ3v) is 4.51. The van der Waals surface area contributed by atoms with Gasteiger partial charge in [0, 0.05) is 0 Å². The number of imidazole rings is 1. The predicted octanol–water partition coefficient (Wildman–Crippen LogP) is 3.53. The van der Waals surface area contributed by atoms with Gasteiger partial charge in [-0.3, -0.25) is 0 Å². The fourth-order valence-electron chi connectivity index (χ4n) is 3.35. The van der Waals surface area contributed by atoms with Gasteiger partial charge >= 0.3 is 0 Å². The number of hydrogen-bond donors (Lipinski definition) is 1. The summed E-state index contributed by atoms with van der Waals surface area (Å²) in [6, 6.07) is 14.6. The molecule has 0 radical (unpaired) electrons. The van der Waals surface area contributed by atoms with Crippen molar-refractivity contribution in [1.29, 1.82) is 0 Å². The summed E-state index contributed by atoms with van der Waals surface area (Å²) < 4.78 is 9.68. The Balaban J connectivity index is 2.16. The van der Waals surface area contributed by atoms with Crippen molar-refractivity contribution in [2.45, 2.75) is 40.0 Å². The molecule has 1 heterocycles. The molecule has 0 fully saturated rings. The summed E-state index contributed by atoms with van der Waals surface area (Å²) in [6.07, 6.45) is 1.04. The van der Waals surface area contributed by atoms with E-state index in [-0.39, 0.29) is 6.61 Å². The number of nitrogens with zero attached hydrogens (tertiary/aromatic N) is 2. The number of benzene rings is 2.